The van der Waals surface area contributed by atoms with E-state index in [1.165, 1.54) is 17.6 Å². The van der Waals surface area contributed by atoms with Gasteiger partial charge in [0.2, 0.25) is 0 Å². The lowest BCUT2D eigenvalue weighted by Crippen LogP contribution is -2.30. The predicted octanol–water partition coefficient (Wildman–Crippen LogP) is 7.17. The summed E-state index contributed by atoms with van der Waals surface area (Å²) in [5.74, 6) is -0.343. The molecule has 1 aliphatic carbocycles. The lowest BCUT2D eigenvalue weighted by Gasteiger charge is -2.33. The molecule has 0 radical (unpaired) electrons. The first kappa shape index (κ1) is 23.1. The van der Waals surface area contributed by atoms with E-state index >= 15 is 4.39 Å². The molecule has 158 valence electrons. The predicted molar refractivity (Wildman–Crippen MR) is 122 cm³/mol. The first-order valence-electron chi connectivity index (χ1n) is 10.8. The quantitative estimate of drug-likeness (QED) is 0.506. The van der Waals surface area contributed by atoms with Crippen LogP contribution >= 0.6 is 0 Å². The molecule has 2 rings (SSSR count). The smallest absolute Gasteiger partial charge is 0.251 e. The molecule has 0 aliphatic heterocycles. The fourth-order valence-corrected chi connectivity index (χ4v) is 4.09. The van der Waals surface area contributed by atoms with Crippen LogP contribution in [0.1, 0.15) is 89.2 Å². The van der Waals surface area contributed by atoms with Crippen LogP contribution in [0.3, 0.4) is 0 Å². The van der Waals surface area contributed by atoms with E-state index in [1.807, 2.05) is 33.8 Å². The molecule has 2 nitrogen and oxygen atoms in total. The molecule has 1 amide bonds. The zero-order valence-corrected chi connectivity index (χ0v) is 19.1. The maximum Gasteiger partial charge on any atom is 0.251 e. The Hall–Kier alpha value is -2.16. The van der Waals surface area contributed by atoms with Gasteiger partial charge in [0.25, 0.3) is 5.91 Å². The molecule has 0 aromatic heterocycles. The zero-order valence-electron chi connectivity index (χ0n) is 19.1. The van der Waals surface area contributed by atoms with Crippen molar-refractivity contribution in [3.05, 3.63) is 63.8 Å². The number of hydrogen-bond acceptors (Lipinski definition) is 1. The summed E-state index contributed by atoms with van der Waals surface area (Å²) in [4.78, 5) is 12.3. The van der Waals surface area contributed by atoms with Crippen molar-refractivity contribution in [2.24, 2.45) is 5.41 Å². The van der Waals surface area contributed by atoms with Crippen LogP contribution < -0.4 is 5.32 Å². The molecule has 29 heavy (non-hydrogen) atoms. The number of hydrogen-bond donors (Lipinski definition) is 1. The van der Waals surface area contributed by atoms with Crippen LogP contribution in [0.15, 0.2) is 47.1 Å². The van der Waals surface area contributed by atoms with Gasteiger partial charge in [-0.15, -0.1) is 0 Å². The molecular formula is C26H36FNO. The van der Waals surface area contributed by atoms with Crippen LogP contribution in [-0.2, 0) is 6.42 Å². The topological polar surface area (TPSA) is 29.1 Å². The average molecular weight is 398 g/mol. The first-order valence-corrected chi connectivity index (χ1v) is 10.8. The van der Waals surface area contributed by atoms with Crippen molar-refractivity contribution in [3.8, 4) is 0 Å². The number of allylic oxidation sites excluding steroid dienone is 5. The lowest BCUT2D eigenvalue weighted by molar-refractivity contribution is 0.0943. The van der Waals surface area contributed by atoms with Gasteiger partial charge in [0, 0.05) is 17.2 Å². The molecular weight excluding hydrogens is 361 g/mol. The van der Waals surface area contributed by atoms with Crippen molar-refractivity contribution in [2.75, 3.05) is 0 Å². The molecule has 0 saturated heterocycles. The highest BCUT2D eigenvalue weighted by atomic mass is 19.1. The maximum absolute atomic E-state index is 15.3. The van der Waals surface area contributed by atoms with Crippen molar-refractivity contribution >= 4 is 11.7 Å². The third kappa shape index (κ3) is 5.68. The summed E-state index contributed by atoms with van der Waals surface area (Å²) < 4.78 is 15.3. The van der Waals surface area contributed by atoms with Gasteiger partial charge in [-0.05, 0) is 87.6 Å². The van der Waals surface area contributed by atoms with E-state index in [2.05, 4.69) is 32.2 Å². The van der Waals surface area contributed by atoms with Crippen molar-refractivity contribution in [2.45, 2.75) is 80.2 Å². The minimum absolute atomic E-state index is 0.0677. The lowest BCUT2D eigenvalue weighted by atomic mass is 9.72. The van der Waals surface area contributed by atoms with Gasteiger partial charge in [-0.1, -0.05) is 44.6 Å². The molecule has 3 heteroatoms. The third-order valence-corrected chi connectivity index (χ3v) is 5.79. The SMILES string of the molecule is CCc1cc(C(=O)NC(C)C)ccc1C(F)=C(C)C=CC1=C(C)CCCC1(C)C. The molecule has 0 heterocycles. The summed E-state index contributed by atoms with van der Waals surface area (Å²) in [7, 11) is 0. The molecule has 0 spiro atoms. The van der Waals surface area contributed by atoms with Crippen LogP contribution in [0.4, 0.5) is 4.39 Å². The van der Waals surface area contributed by atoms with E-state index in [1.54, 1.807) is 18.2 Å². The summed E-state index contributed by atoms with van der Waals surface area (Å²) in [5, 5.41) is 2.89. The van der Waals surface area contributed by atoms with Crippen molar-refractivity contribution in [3.63, 3.8) is 0 Å². The highest BCUT2D eigenvalue weighted by molar-refractivity contribution is 5.95. The minimum atomic E-state index is -0.221. The van der Waals surface area contributed by atoms with Crippen LogP contribution in [0.25, 0.3) is 5.83 Å². The van der Waals surface area contributed by atoms with E-state index in [-0.39, 0.29) is 23.2 Å². The average Bonchev–Trinajstić information content (AvgIpc) is 2.65. The summed E-state index contributed by atoms with van der Waals surface area (Å²) in [5.41, 5.74) is 5.47. The summed E-state index contributed by atoms with van der Waals surface area (Å²) in [6.07, 6.45) is 8.17. The maximum atomic E-state index is 15.3. The monoisotopic (exact) mass is 397 g/mol. The van der Waals surface area contributed by atoms with Gasteiger partial charge in [0.05, 0.1) is 0 Å². The fourth-order valence-electron chi connectivity index (χ4n) is 4.09. The van der Waals surface area contributed by atoms with Gasteiger partial charge >= 0.3 is 0 Å². The number of rotatable bonds is 6. The molecule has 0 atom stereocenters. The van der Waals surface area contributed by atoms with Gasteiger partial charge in [-0.25, -0.2) is 4.39 Å². The number of benzene rings is 1. The molecule has 0 saturated carbocycles. The molecule has 1 aromatic rings. The Bertz CT molecular complexity index is 855. The molecule has 1 aromatic carbocycles. The second-order valence-corrected chi connectivity index (χ2v) is 9.12. The Morgan fingerprint density at radius 2 is 2.00 bits per heavy atom. The summed E-state index contributed by atoms with van der Waals surface area (Å²) >= 11 is 0. The number of carbonyl (C=O) groups is 1. The minimum Gasteiger partial charge on any atom is -0.350 e. The second kappa shape index (κ2) is 9.56. The number of halogens is 1. The van der Waals surface area contributed by atoms with Gasteiger partial charge < -0.3 is 5.32 Å². The van der Waals surface area contributed by atoms with Crippen LogP contribution in [0.2, 0.25) is 0 Å². The van der Waals surface area contributed by atoms with Crippen LogP contribution in [0, 0.1) is 5.41 Å². The highest BCUT2D eigenvalue weighted by Crippen LogP contribution is 2.41. The zero-order chi connectivity index (χ0) is 21.8. The first-order chi connectivity index (χ1) is 13.6. The highest BCUT2D eigenvalue weighted by Gasteiger charge is 2.26. The van der Waals surface area contributed by atoms with Crippen molar-refractivity contribution < 1.29 is 9.18 Å². The second-order valence-electron chi connectivity index (χ2n) is 9.12. The van der Waals surface area contributed by atoms with Gasteiger partial charge in [0.1, 0.15) is 5.83 Å². The van der Waals surface area contributed by atoms with E-state index in [9.17, 15) is 4.79 Å². The van der Waals surface area contributed by atoms with Crippen molar-refractivity contribution in [1.29, 1.82) is 0 Å². The fraction of sp³-hybridized carbons (Fsp3) is 0.500. The number of nitrogens with one attached hydrogen (secondary N) is 1. The Morgan fingerprint density at radius 1 is 1.31 bits per heavy atom. The molecule has 0 unspecified atom stereocenters. The summed E-state index contributed by atoms with van der Waals surface area (Å²) in [6, 6.07) is 5.31. The number of carbonyl (C=O) groups excluding carboxylic acids is 1. The Balaban J connectivity index is 2.35. The van der Waals surface area contributed by atoms with E-state index in [0.29, 0.717) is 23.1 Å². The molecule has 0 bridgehead atoms. The van der Waals surface area contributed by atoms with Crippen LogP contribution in [0.5, 0.6) is 0 Å². The Morgan fingerprint density at radius 3 is 2.59 bits per heavy atom. The van der Waals surface area contributed by atoms with Gasteiger partial charge in [-0.2, -0.15) is 0 Å². The molecule has 0 fully saturated rings. The van der Waals surface area contributed by atoms with Gasteiger partial charge in [0.15, 0.2) is 0 Å². The van der Waals surface area contributed by atoms with E-state index < -0.39 is 0 Å². The normalized spacial score (nSPS) is 17.7. The number of amides is 1. The number of aryl methyl sites for hydroxylation is 1. The largest absolute Gasteiger partial charge is 0.350 e. The Kier molecular flexibility index (Phi) is 7.62. The third-order valence-electron chi connectivity index (χ3n) is 5.79. The van der Waals surface area contributed by atoms with Crippen molar-refractivity contribution in [1.82, 2.24) is 5.32 Å². The van der Waals surface area contributed by atoms with Crippen LogP contribution in [-0.4, -0.2) is 11.9 Å². The summed E-state index contributed by atoms with van der Waals surface area (Å²) in [6.45, 7) is 14.4. The van der Waals surface area contributed by atoms with E-state index in [4.69, 9.17) is 0 Å². The molecule has 1 N–H and O–H groups in total. The standard InChI is InChI=1S/C26H36FNO/c1-8-20-16-21(25(29)28-17(2)3)12-13-22(20)24(27)19(5)11-14-23-18(4)10-9-15-26(23,6)7/h11-14,16-17H,8-10,15H2,1-7H3,(H,28,29). The van der Waals surface area contributed by atoms with Gasteiger partial charge in [-0.3, -0.25) is 4.79 Å². The Labute approximate surface area is 176 Å². The van der Waals surface area contributed by atoms with E-state index in [0.717, 1.165) is 18.4 Å². The molecule has 1 aliphatic rings.